The molecule has 1 fully saturated rings. The average Bonchev–Trinajstić information content (AvgIpc) is 2.93. The van der Waals surface area contributed by atoms with Gasteiger partial charge < -0.3 is 9.80 Å². The number of amides is 1. The van der Waals surface area contributed by atoms with Gasteiger partial charge in [-0.3, -0.25) is 9.48 Å². The number of hydrogen-bond acceptors (Lipinski definition) is 3. The fourth-order valence-corrected chi connectivity index (χ4v) is 2.69. The molecule has 1 saturated heterocycles. The molecule has 1 aromatic heterocycles. The molecule has 0 unspecified atom stereocenters. The lowest BCUT2D eigenvalue weighted by Gasteiger charge is -2.36. The topological polar surface area (TPSA) is 41.4 Å². The van der Waals surface area contributed by atoms with E-state index in [0.717, 1.165) is 18.8 Å². The molecule has 116 valence electrons. The van der Waals surface area contributed by atoms with Crippen molar-refractivity contribution in [1.82, 2.24) is 14.7 Å². The third-order valence-corrected chi connectivity index (χ3v) is 3.92. The van der Waals surface area contributed by atoms with Crippen LogP contribution in [0.25, 0.3) is 0 Å². The van der Waals surface area contributed by atoms with Gasteiger partial charge in [0, 0.05) is 38.1 Å². The molecule has 2 heterocycles. The van der Waals surface area contributed by atoms with Crippen molar-refractivity contribution in [1.29, 1.82) is 0 Å². The third-order valence-electron chi connectivity index (χ3n) is 3.72. The molecule has 2 aromatic rings. The Morgan fingerprint density at radius 2 is 1.86 bits per heavy atom. The first kappa shape index (κ1) is 14.8. The summed E-state index contributed by atoms with van der Waals surface area (Å²) in [4.78, 5) is 16.2. The summed E-state index contributed by atoms with van der Waals surface area (Å²) in [7, 11) is 0. The molecular weight excluding hydrogens is 307 g/mol. The van der Waals surface area contributed by atoms with E-state index in [2.05, 4.69) is 10.00 Å². The highest BCUT2D eigenvalue weighted by Gasteiger charge is 2.21. The maximum absolute atomic E-state index is 12.9. The lowest BCUT2D eigenvalue weighted by atomic mass is 10.2. The Labute approximate surface area is 132 Å². The van der Waals surface area contributed by atoms with Crippen molar-refractivity contribution in [3.05, 3.63) is 47.5 Å². The first-order valence-electron chi connectivity index (χ1n) is 7.08. The van der Waals surface area contributed by atoms with Crippen LogP contribution in [0.4, 0.5) is 10.1 Å². The number of benzene rings is 1. The highest BCUT2D eigenvalue weighted by molar-refractivity contribution is 6.30. The molecule has 0 saturated carbocycles. The fraction of sp³-hybridized carbons (Fsp3) is 0.333. The van der Waals surface area contributed by atoms with E-state index in [1.165, 1.54) is 23.0 Å². The Kier molecular flexibility index (Phi) is 4.29. The van der Waals surface area contributed by atoms with Crippen LogP contribution in [0.2, 0.25) is 5.02 Å². The van der Waals surface area contributed by atoms with Crippen molar-refractivity contribution in [3.63, 3.8) is 0 Å². The molecule has 22 heavy (non-hydrogen) atoms. The van der Waals surface area contributed by atoms with Crippen LogP contribution in [0, 0.1) is 5.82 Å². The van der Waals surface area contributed by atoms with Crippen molar-refractivity contribution >= 4 is 23.2 Å². The molecule has 1 aliphatic heterocycles. The maximum atomic E-state index is 12.9. The number of rotatable bonds is 3. The molecule has 1 aromatic carbocycles. The van der Waals surface area contributed by atoms with E-state index in [1.54, 1.807) is 18.3 Å². The minimum absolute atomic E-state index is 0.0264. The van der Waals surface area contributed by atoms with Gasteiger partial charge in [-0.2, -0.15) is 5.10 Å². The minimum atomic E-state index is -0.240. The highest BCUT2D eigenvalue weighted by atomic mass is 35.5. The minimum Gasteiger partial charge on any atom is -0.368 e. The zero-order valence-electron chi connectivity index (χ0n) is 12.0. The lowest BCUT2D eigenvalue weighted by molar-refractivity contribution is -0.132. The first-order valence-corrected chi connectivity index (χ1v) is 7.46. The molecule has 0 N–H and O–H groups in total. The Morgan fingerprint density at radius 3 is 2.45 bits per heavy atom. The van der Waals surface area contributed by atoms with Gasteiger partial charge in [0.2, 0.25) is 5.91 Å². The zero-order chi connectivity index (χ0) is 15.5. The fourth-order valence-electron chi connectivity index (χ4n) is 2.53. The van der Waals surface area contributed by atoms with Crippen LogP contribution in [0.1, 0.15) is 0 Å². The van der Waals surface area contributed by atoms with Gasteiger partial charge in [-0.25, -0.2) is 4.39 Å². The predicted molar refractivity (Wildman–Crippen MR) is 82.4 cm³/mol. The molecule has 1 aliphatic rings. The summed E-state index contributed by atoms with van der Waals surface area (Å²) in [5.41, 5.74) is 0.979. The molecule has 0 bridgehead atoms. The van der Waals surface area contributed by atoms with E-state index >= 15 is 0 Å². The van der Waals surface area contributed by atoms with Gasteiger partial charge in [0.25, 0.3) is 0 Å². The normalized spacial score (nSPS) is 15.2. The lowest BCUT2D eigenvalue weighted by Crippen LogP contribution is -2.49. The number of aromatic nitrogens is 2. The van der Waals surface area contributed by atoms with Crippen LogP contribution in [0.3, 0.4) is 0 Å². The van der Waals surface area contributed by atoms with Crippen LogP contribution in [0.15, 0.2) is 36.7 Å². The molecule has 0 radical (unpaired) electrons. The summed E-state index contributed by atoms with van der Waals surface area (Å²) in [6.45, 7) is 2.95. The van der Waals surface area contributed by atoms with Gasteiger partial charge in [0.05, 0.1) is 11.2 Å². The van der Waals surface area contributed by atoms with Gasteiger partial charge >= 0.3 is 0 Å². The maximum Gasteiger partial charge on any atom is 0.244 e. The number of halogens is 2. The van der Waals surface area contributed by atoms with Gasteiger partial charge in [0.15, 0.2) is 0 Å². The molecule has 7 heteroatoms. The van der Waals surface area contributed by atoms with Crippen LogP contribution < -0.4 is 4.90 Å². The van der Waals surface area contributed by atoms with Gasteiger partial charge in [0.1, 0.15) is 12.4 Å². The van der Waals surface area contributed by atoms with Gasteiger partial charge in [-0.15, -0.1) is 0 Å². The predicted octanol–water partition coefficient (Wildman–Crippen LogP) is 2.02. The van der Waals surface area contributed by atoms with Crippen LogP contribution in [-0.4, -0.2) is 46.8 Å². The second kappa shape index (κ2) is 6.36. The summed E-state index contributed by atoms with van der Waals surface area (Å²) in [5, 5.41) is 4.53. The van der Waals surface area contributed by atoms with Crippen molar-refractivity contribution < 1.29 is 9.18 Å². The summed E-state index contributed by atoms with van der Waals surface area (Å²) in [6.07, 6.45) is 3.15. The van der Waals surface area contributed by atoms with Crippen LogP contribution in [0.5, 0.6) is 0 Å². The monoisotopic (exact) mass is 322 g/mol. The third kappa shape index (κ3) is 3.39. The summed E-state index contributed by atoms with van der Waals surface area (Å²) >= 11 is 5.79. The van der Waals surface area contributed by atoms with Crippen molar-refractivity contribution in [2.75, 3.05) is 31.1 Å². The van der Waals surface area contributed by atoms with E-state index in [0.29, 0.717) is 18.1 Å². The molecule has 5 nitrogen and oxygen atoms in total. The number of hydrogen-bond donors (Lipinski definition) is 0. The second-order valence-corrected chi connectivity index (χ2v) is 5.64. The average molecular weight is 323 g/mol. The van der Waals surface area contributed by atoms with E-state index < -0.39 is 0 Å². The van der Waals surface area contributed by atoms with Gasteiger partial charge in [-0.1, -0.05) is 11.6 Å². The van der Waals surface area contributed by atoms with Crippen molar-refractivity contribution in [2.24, 2.45) is 0 Å². The highest BCUT2D eigenvalue weighted by Crippen LogP contribution is 2.17. The molecule has 0 spiro atoms. The zero-order valence-corrected chi connectivity index (χ0v) is 12.7. The number of piperazine rings is 1. The number of anilines is 1. The Balaban J connectivity index is 1.54. The molecular formula is C15H16ClFN4O. The SMILES string of the molecule is O=C(Cn1cc(Cl)cn1)N1CCN(c2ccc(F)cc2)CC1. The molecule has 0 aliphatic carbocycles. The van der Waals surface area contributed by atoms with Crippen molar-refractivity contribution in [2.45, 2.75) is 6.54 Å². The van der Waals surface area contributed by atoms with Crippen LogP contribution in [-0.2, 0) is 11.3 Å². The van der Waals surface area contributed by atoms with E-state index in [4.69, 9.17) is 11.6 Å². The number of carbonyl (C=O) groups excluding carboxylic acids is 1. The van der Waals surface area contributed by atoms with Crippen molar-refractivity contribution in [3.8, 4) is 0 Å². The first-order chi connectivity index (χ1) is 10.6. The van der Waals surface area contributed by atoms with Gasteiger partial charge in [-0.05, 0) is 24.3 Å². The van der Waals surface area contributed by atoms with E-state index in [1.807, 2.05) is 4.90 Å². The Morgan fingerprint density at radius 1 is 1.18 bits per heavy atom. The molecule has 3 rings (SSSR count). The quantitative estimate of drug-likeness (QED) is 0.868. The number of nitrogens with zero attached hydrogens (tertiary/aromatic N) is 4. The van der Waals surface area contributed by atoms with E-state index in [9.17, 15) is 9.18 Å². The molecule has 0 atom stereocenters. The molecule has 1 amide bonds. The standard InChI is InChI=1S/C15H16ClFN4O/c16-12-9-18-21(10-12)11-15(22)20-7-5-19(6-8-20)14-3-1-13(17)2-4-14/h1-4,9-10H,5-8,11H2. The summed E-state index contributed by atoms with van der Waals surface area (Å²) in [6, 6.07) is 6.43. The largest absolute Gasteiger partial charge is 0.368 e. The van der Waals surface area contributed by atoms with E-state index in [-0.39, 0.29) is 18.3 Å². The second-order valence-electron chi connectivity index (χ2n) is 5.20. The van der Waals surface area contributed by atoms with Crippen LogP contribution >= 0.6 is 11.6 Å². The summed E-state index contributed by atoms with van der Waals surface area (Å²) < 4.78 is 14.5. The number of carbonyl (C=O) groups is 1. The smallest absolute Gasteiger partial charge is 0.244 e. The Bertz CT molecular complexity index is 650. The summed E-state index contributed by atoms with van der Waals surface area (Å²) in [5.74, 6) is -0.214. The Hall–Kier alpha value is -2.08.